The van der Waals surface area contributed by atoms with Crippen molar-refractivity contribution in [2.24, 2.45) is 12.8 Å². The second-order valence-corrected chi connectivity index (χ2v) is 5.10. The Morgan fingerprint density at radius 1 is 1.42 bits per heavy atom. The molecular formula is C13H13BrN4O. The maximum absolute atomic E-state index is 5.59. The third-order valence-electron chi connectivity index (χ3n) is 3.04. The van der Waals surface area contributed by atoms with Crippen molar-refractivity contribution in [1.82, 2.24) is 14.8 Å². The zero-order valence-corrected chi connectivity index (χ0v) is 12.0. The van der Waals surface area contributed by atoms with E-state index in [1.807, 2.05) is 29.9 Å². The van der Waals surface area contributed by atoms with Gasteiger partial charge in [0.1, 0.15) is 5.52 Å². The predicted octanol–water partition coefficient (Wildman–Crippen LogP) is 2.49. The third-order valence-corrected chi connectivity index (χ3v) is 3.87. The molecule has 0 bridgehead atoms. The summed E-state index contributed by atoms with van der Waals surface area (Å²) in [7, 11) is 1.92. The molecule has 0 aliphatic carbocycles. The van der Waals surface area contributed by atoms with Gasteiger partial charge in [0.15, 0.2) is 12.0 Å². The summed E-state index contributed by atoms with van der Waals surface area (Å²) in [4.78, 5) is 4.12. The van der Waals surface area contributed by atoms with E-state index in [0.29, 0.717) is 6.54 Å². The Labute approximate surface area is 118 Å². The van der Waals surface area contributed by atoms with Gasteiger partial charge in [0, 0.05) is 19.0 Å². The first-order valence-corrected chi connectivity index (χ1v) is 6.75. The second-order valence-electron chi connectivity index (χ2n) is 4.31. The molecule has 0 amide bonds. The molecule has 2 N–H and O–H groups in total. The Kier molecular flexibility index (Phi) is 3.12. The van der Waals surface area contributed by atoms with Crippen LogP contribution in [0.15, 0.2) is 33.5 Å². The van der Waals surface area contributed by atoms with Crippen LogP contribution in [0.2, 0.25) is 0 Å². The standard InChI is InChI=1S/C13H13BrN4O/c1-18-13(12(14)10(17-18)4-5-15)8-2-3-9-11(6-8)19-7-16-9/h2-3,6-7H,4-5,15H2,1H3. The van der Waals surface area contributed by atoms with Crippen LogP contribution in [0.3, 0.4) is 0 Å². The van der Waals surface area contributed by atoms with Crippen molar-refractivity contribution in [3.05, 3.63) is 34.8 Å². The Hall–Kier alpha value is -1.66. The molecule has 98 valence electrons. The van der Waals surface area contributed by atoms with Crippen LogP contribution >= 0.6 is 15.9 Å². The Bertz CT molecular complexity index is 731. The van der Waals surface area contributed by atoms with E-state index in [-0.39, 0.29) is 0 Å². The summed E-state index contributed by atoms with van der Waals surface area (Å²) in [5.74, 6) is 0. The SMILES string of the molecule is Cn1nc(CCN)c(Br)c1-c1ccc2ncoc2c1. The van der Waals surface area contributed by atoms with Gasteiger partial charge in [-0.1, -0.05) is 6.07 Å². The van der Waals surface area contributed by atoms with Gasteiger partial charge in [-0.3, -0.25) is 4.68 Å². The molecule has 0 radical (unpaired) electrons. The molecule has 0 fully saturated rings. The highest BCUT2D eigenvalue weighted by Crippen LogP contribution is 2.32. The zero-order chi connectivity index (χ0) is 13.4. The summed E-state index contributed by atoms with van der Waals surface area (Å²) in [5.41, 5.74) is 10.2. The third kappa shape index (κ3) is 2.06. The molecule has 0 aliphatic rings. The van der Waals surface area contributed by atoms with Crippen LogP contribution in [0, 0.1) is 0 Å². The van der Waals surface area contributed by atoms with Gasteiger partial charge in [-0.05, 0) is 34.6 Å². The number of aromatic nitrogens is 3. The van der Waals surface area contributed by atoms with Crippen molar-refractivity contribution < 1.29 is 4.42 Å². The monoisotopic (exact) mass is 320 g/mol. The highest BCUT2D eigenvalue weighted by Gasteiger charge is 2.15. The van der Waals surface area contributed by atoms with Gasteiger partial charge in [0.25, 0.3) is 0 Å². The summed E-state index contributed by atoms with van der Waals surface area (Å²) in [6.07, 6.45) is 2.20. The summed E-state index contributed by atoms with van der Waals surface area (Å²) in [6.45, 7) is 0.580. The van der Waals surface area contributed by atoms with E-state index in [4.69, 9.17) is 10.2 Å². The minimum Gasteiger partial charge on any atom is -0.443 e. The van der Waals surface area contributed by atoms with Crippen LogP contribution in [-0.4, -0.2) is 21.3 Å². The molecule has 0 unspecified atom stereocenters. The Morgan fingerprint density at radius 3 is 3.05 bits per heavy atom. The molecule has 3 rings (SSSR count). The lowest BCUT2D eigenvalue weighted by molar-refractivity contribution is 0.602. The van der Waals surface area contributed by atoms with Gasteiger partial charge in [0.05, 0.1) is 15.9 Å². The molecular weight excluding hydrogens is 308 g/mol. The molecule has 2 heterocycles. The van der Waals surface area contributed by atoms with E-state index < -0.39 is 0 Å². The molecule has 2 aromatic heterocycles. The smallest absolute Gasteiger partial charge is 0.181 e. The lowest BCUT2D eigenvalue weighted by Gasteiger charge is -2.02. The Morgan fingerprint density at radius 2 is 2.26 bits per heavy atom. The maximum atomic E-state index is 5.59. The molecule has 5 nitrogen and oxygen atoms in total. The lowest BCUT2D eigenvalue weighted by atomic mass is 10.1. The average molecular weight is 321 g/mol. The largest absolute Gasteiger partial charge is 0.443 e. The van der Waals surface area contributed by atoms with Crippen LogP contribution in [0.1, 0.15) is 5.69 Å². The number of fused-ring (bicyclic) bond motifs is 1. The van der Waals surface area contributed by atoms with Crippen LogP contribution in [0.25, 0.3) is 22.4 Å². The van der Waals surface area contributed by atoms with Gasteiger partial charge in [-0.2, -0.15) is 5.10 Å². The molecule has 19 heavy (non-hydrogen) atoms. The van der Waals surface area contributed by atoms with Crippen molar-refractivity contribution in [3.63, 3.8) is 0 Å². The normalized spacial score (nSPS) is 11.3. The first kappa shape index (κ1) is 12.4. The molecule has 1 aromatic carbocycles. The van der Waals surface area contributed by atoms with Crippen molar-refractivity contribution in [3.8, 4) is 11.3 Å². The van der Waals surface area contributed by atoms with Gasteiger partial charge < -0.3 is 10.2 Å². The molecule has 0 saturated heterocycles. The van der Waals surface area contributed by atoms with Crippen molar-refractivity contribution in [2.45, 2.75) is 6.42 Å². The van der Waals surface area contributed by atoms with Crippen LogP contribution in [0.4, 0.5) is 0 Å². The van der Waals surface area contributed by atoms with E-state index in [1.165, 1.54) is 6.39 Å². The van der Waals surface area contributed by atoms with Gasteiger partial charge in [-0.15, -0.1) is 0 Å². The number of aryl methyl sites for hydroxylation is 1. The number of hydrogen-bond acceptors (Lipinski definition) is 4. The molecule has 0 atom stereocenters. The minimum atomic E-state index is 0.580. The van der Waals surface area contributed by atoms with Crippen molar-refractivity contribution >= 4 is 27.0 Å². The molecule has 0 spiro atoms. The van der Waals surface area contributed by atoms with E-state index in [0.717, 1.165) is 38.9 Å². The number of rotatable bonds is 3. The van der Waals surface area contributed by atoms with E-state index in [9.17, 15) is 0 Å². The van der Waals surface area contributed by atoms with Crippen LogP contribution < -0.4 is 5.73 Å². The molecule has 0 saturated carbocycles. The van der Waals surface area contributed by atoms with Gasteiger partial charge in [-0.25, -0.2) is 4.98 Å². The second kappa shape index (κ2) is 4.79. The predicted molar refractivity (Wildman–Crippen MR) is 76.7 cm³/mol. The Balaban J connectivity index is 2.14. The quantitative estimate of drug-likeness (QED) is 0.805. The fourth-order valence-corrected chi connectivity index (χ4v) is 2.93. The molecule has 6 heteroatoms. The summed E-state index contributed by atoms with van der Waals surface area (Å²) >= 11 is 3.61. The topological polar surface area (TPSA) is 69.9 Å². The summed E-state index contributed by atoms with van der Waals surface area (Å²) in [6, 6.07) is 5.92. The zero-order valence-electron chi connectivity index (χ0n) is 10.4. The first-order chi connectivity index (χ1) is 9.20. The number of oxazole rings is 1. The highest BCUT2D eigenvalue weighted by atomic mass is 79.9. The molecule has 3 aromatic rings. The van der Waals surface area contributed by atoms with Gasteiger partial charge in [0.2, 0.25) is 0 Å². The number of benzene rings is 1. The van der Waals surface area contributed by atoms with E-state index >= 15 is 0 Å². The number of hydrogen-bond donors (Lipinski definition) is 1. The minimum absolute atomic E-state index is 0.580. The summed E-state index contributed by atoms with van der Waals surface area (Å²) in [5, 5.41) is 4.49. The molecule has 0 aliphatic heterocycles. The highest BCUT2D eigenvalue weighted by molar-refractivity contribution is 9.10. The number of nitrogens with two attached hydrogens (primary N) is 1. The average Bonchev–Trinajstić information content (AvgIpc) is 2.95. The maximum Gasteiger partial charge on any atom is 0.181 e. The summed E-state index contributed by atoms with van der Waals surface area (Å²) < 4.78 is 8.18. The van der Waals surface area contributed by atoms with E-state index in [2.05, 4.69) is 26.0 Å². The first-order valence-electron chi connectivity index (χ1n) is 5.95. The van der Waals surface area contributed by atoms with Crippen LogP contribution in [-0.2, 0) is 13.5 Å². The van der Waals surface area contributed by atoms with Crippen LogP contribution in [0.5, 0.6) is 0 Å². The van der Waals surface area contributed by atoms with Crippen molar-refractivity contribution in [1.29, 1.82) is 0 Å². The number of halogens is 1. The fraction of sp³-hybridized carbons (Fsp3) is 0.231. The van der Waals surface area contributed by atoms with Crippen molar-refractivity contribution in [2.75, 3.05) is 6.54 Å². The lowest BCUT2D eigenvalue weighted by Crippen LogP contribution is -2.04. The van der Waals surface area contributed by atoms with Gasteiger partial charge >= 0.3 is 0 Å². The fourth-order valence-electron chi connectivity index (χ4n) is 2.17. The number of nitrogens with zero attached hydrogens (tertiary/aromatic N) is 3. The van der Waals surface area contributed by atoms with E-state index in [1.54, 1.807) is 0 Å².